The van der Waals surface area contributed by atoms with Gasteiger partial charge in [-0.25, -0.2) is 8.42 Å². The zero-order chi connectivity index (χ0) is 12.2. The molecule has 0 spiro atoms. The monoisotopic (exact) mass is 242 g/mol. The van der Waals surface area contributed by atoms with E-state index in [0.29, 0.717) is 0 Å². The van der Waals surface area contributed by atoms with Crippen LogP contribution in [0.15, 0.2) is 35.2 Å². The van der Waals surface area contributed by atoms with Crippen LogP contribution in [-0.4, -0.2) is 20.6 Å². The van der Waals surface area contributed by atoms with Gasteiger partial charge in [-0.15, -0.1) is 0 Å². The van der Waals surface area contributed by atoms with Gasteiger partial charge in [0.15, 0.2) is 0 Å². The summed E-state index contributed by atoms with van der Waals surface area (Å²) in [6.07, 6.45) is 0. The van der Waals surface area contributed by atoms with Crippen LogP contribution in [0.25, 0.3) is 0 Å². The van der Waals surface area contributed by atoms with Crippen molar-refractivity contribution in [3.63, 3.8) is 0 Å². The summed E-state index contributed by atoms with van der Waals surface area (Å²) in [4.78, 5) is 0.283. The lowest BCUT2D eigenvalue weighted by Gasteiger charge is -2.20. The van der Waals surface area contributed by atoms with Gasteiger partial charge in [-0.3, -0.25) is 5.32 Å². The van der Waals surface area contributed by atoms with Crippen LogP contribution in [0.4, 0.5) is 0 Å². The van der Waals surface area contributed by atoms with Gasteiger partial charge in [0.25, 0.3) is 0 Å². The zero-order valence-electron chi connectivity index (χ0n) is 9.82. The number of hydrogen-bond donors (Lipinski definition) is 2. The van der Waals surface area contributed by atoms with Gasteiger partial charge in [0, 0.05) is 5.54 Å². The van der Waals surface area contributed by atoms with Crippen LogP contribution in [0.3, 0.4) is 0 Å². The Kier molecular flexibility index (Phi) is 4.07. The van der Waals surface area contributed by atoms with Crippen molar-refractivity contribution in [2.45, 2.75) is 31.2 Å². The third-order valence-electron chi connectivity index (χ3n) is 1.93. The lowest BCUT2D eigenvalue weighted by molar-refractivity contribution is 0.422. The summed E-state index contributed by atoms with van der Waals surface area (Å²) < 4.78 is 26.0. The molecular formula is C11H18N2O2S. The largest absolute Gasteiger partial charge is 0.299 e. The Morgan fingerprint density at radius 2 is 1.69 bits per heavy atom. The summed E-state index contributed by atoms with van der Waals surface area (Å²) in [7, 11) is -3.40. The second-order valence-electron chi connectivity index (χ2n) is 4.56. The molecule has 2 N–H and O–H groups in total. The van der Waals surface area contributed by atoms with Crippen molar-refractivity contribution in [3.05, 3.63) is 30.3 Å². The molecule has 0 saturated carbocycles. The smallest absolute Gasteiger partial charge is 0.241 e. The predicted molar refractivity (Wildman–Crippen MR) is 64.5 cm³/mol. The Labute approximate surface area is 97.1 Å². The molecule has 0 unspecified atom stereocenters. The highest BCUT2D eigenvalue weighted by atomic mass is 32.2. The van der Waals surface area contributed by atoms with Gasteiger partial charge < -0.3 is 0 Å². The molecule has 5 heteroatoms. The first kappa shape index (κ1) is 13.2. The molecule has 0 aromatic heterocycles. The van der Waals surface area contributed by atoms with Crippen LogP contribution in [0.5, 0.6) is 0 Å². The first-order valence-electron chi connectivity index (χ1n) is 5.11. The lowest BCUT2D eigenvalue weighted by Crippen LogP contribution is -2.43. The van der Waals surface area contributed by atoms with Crippen LogP contribution in [0.2, 0.25) is 0 Å². The van der Waals surface area contributed by atoms with E-state index < -0.39 is 10.0 Å². The fourth-order valence-electron chi connectivity index (χ4n) is 1.08. The maximum absolute atomic E-state index is 11.8. The van der Waals surface area contributed by atoms with Crippen molar-refractivity contribution in [1.29, 1.82) is 0 Å². The van der Waals surface area contributed by atoms with Gasteiger partial charge in [-0.2, -0.15) is 4.72 Å². The third-order valence-corrected chi connectivity index (χ3v) is 3.35. The van der Waals surface area contributed by atoms with Crippen LogP contribution in [-0.2, 0) is 10.0 Å². The SMILES string of the molecule is CC(C)(C)NCNS(=O)(=O)c1ccccc1. The van der Waals surface area contributed by atoms with E-state index in [0.717, 1.165) is 0 Å². The molecule has 0 bridgehead atoms. The Morgan fingerprint density at radius 1 is 1.12 bits per heavy atom. The molecule has 0 amide bonds. The molecule has 0 radical (unpaired) electrons. The second kappa shape index (κ2) is 4.95. The minimum absolute atomic E-state index is 0.112. The Bertz CT molecular complexity index is 421. The molecule has 0 aliphatic rings. The second-order valence-corrected chi connectivity index (χ2v) is 6.33. The molecule has 1 aromatic carbocycles. The van der Waals surface area contributed by atoms with Crippen molar-refractivity contribution >= 4 is 10.0 Å². The normalized spacial score (nSPS) is 12.7. The van der Waals surface area contributed by atoms with E-state index in [-0.39, 0.29) is 17.1 Å². The minimum atomic E-state index is -3.40. The van der Waals surface area contributed by atoms with Gasteiger partial charge in [-0.1, -0.05) is 18.2 Å². The third kappa shape index (κ3) is 4.30. The topological polar surface area (TPSA) is 58.2 Å². The van der Waals surface area contributed by atoms with E-state index in [1.807, 2.05) is 20.8 Å². The van der Waals surface area contributed by atoms with Crippen LogP contribution in [0, 0.1) is 0 Å². The van der Waals surface area contributed by atoms with Crippen molar-refractivity contribution in [3.8, 4) is 0 Å². The summed E-state index contributed by atoms with van der Waals surface area (Å²) in [6.45, 7) is 6.15. The van der Waals surface area contributed by atoms with Gasteiger partial charge in [0.1, 0.15) is 0 Å². The van der Waals surface area contributed by atoms with E-state index in [4.69, 9.17) is 0 Å². The first-order valence-corrected chi connectivity index (χ1v) is 6.59. The summed E-state index contributed by atoms with van der Waals surface area (Å²) in [6, 6.07) is 8.32. The highest BCUT2D eigenvalue weighted by Gasteiger charge is 2.14. The van der Waals surface area contributed by atoms with E-state index in [1.54, 1.807) is 30.3 Å². The van der Waals surface area contributed by atoms with Crippen molar-refractivity contribution in [1.82, 2.24) is 10.0 Å². The molecule has 0 atom stereocenters. The Hall–Kier alpha value is -0.910. The number of rotatable bonds is 4. The number of benzene rings is 1. The Balaban J connectivity index is 2.61. The fraction of sp³-hybridized carbons (Fsp3) is 0.455. The van der Waals surface area contributed by atoms with E-state index >= 15 is 0 Å². The summed E-state index contributed by atoms with van der Waals surface area (Å²) in [5.74, 6) is 0. The fourth-order valence-corrected chi connectivity index (χ4v) is 2.02. The summed E-state index contributed by atoms with van der Waals surface area (Å²) >= 11 is 0. The number of sulfonamides is 1. The predicted octanol–water partition coefficient (Wildman–Crippen LogP) is 1.31. The van der Waals surface area contributed by atoms with Gasteiger partial charge in [0.05, 0.1) is 11.6 Å². The summed E-state index contributed by atoms with van der Waals surface area (Å²) in [5, 5.41) is 3.06. The molecule has 0 aliphatic heterocycles. The van der Waals surface area contributed by atoms with E-state index in [2.05, 4.69) is 10.0 Å². The van der Waals surface area contributed by atoms with Crippen molar-refractivity contribution < 1.29 is 8.42 Å². The van der Waals surface area contributed by atoms with E-state index in [9.17, 15) is 8.42 Å². The molecule has 1 aromatic rings. The van der Waals surface area contributed by atoms with Gasteiger partial charge >= 0.3 is 0 Å². The zero-order valence-corrected chi connectivity index (χ0v) is 10.6. The maximum Gasteiger partial charge on any atom is 0.241 e. The molecule has 1 rings (SSSR count). The minimum Gasteiger partial charge on any atom is -0.299 e. The molecule has 4 nitrogen and oxygen atoms in total. The summed E-state index contributed by atoms with van der Waals surface area (Å²) in [5.41, 5.74) is -0.112. The van der Waals surface area contributed by atoms with Crippen LogP contribution in [0.1, 0.15) is 20.8 Å². The molecule has 0 aliphatic carbocycles. The average Bonchev–Trinajstić information content (AvgIpc) is 2.17. The molecule has 0 fully saturated rings. The quantitative estimate of drug-likeness (QED) is 0.783. The van der Waals surface area contributed by atoms with Crippen LogP contribution < -0.4 is 10.0 Å². The standard InChI is InChI=1S/C11H18N2O2S/c1-11(2,3)12-9-13-16(14,15)10-7-5-4-6-8-10/h4-8,12-13H,9H2,1-3H3. The van der Waals surface area contributed by atoms with E-state index in [1.165, 1.54) is 0 Å². The number of nitrogens with one attached hydrogen (secondary N) is 2. The molecule has 16 heavy (non-hydrogen) atoms. The Morgan fingerprint density at radius 3 is 2.19 bits per heavy atom. The highest BCUT2D eigenvalue weighted by molar-refractivity contribution is 7.89. The highest BCUT2D eigenvalue weighted by Crippen LogP contribution is 2.06. The molecular weight excluding hydrogens is 224 g/mol. The maximum atomic E-state index is 11.8. The molecule has 90 valence electrons. The average molecular weight is 242 g/mol. The molecule has 0 heterocycles. The molecule has 0 saturated heterocycles. The van der Waals surface area contributed by atoms with Gasteiger partial charge in [-0.05, 0) is 32.9 Å². The number of hydrogen-bond acceptors (Lipinski definition) is 3. The van der Waals surface area contributed by atoms with Crippen molar-refractivity contribution in [2.24, 2.45) is 0 Å². The van der Waals surface area contributed by atoms with Crippen molar-refractivity contribution in [2.75, 3.05) is 6.67 Å². The van der Waals surface area contributed by atoms with Gasteiger partial charge in [0.2, 0.25) is 10.0 Å². The van der Waals surface area contributed by atoms with Crippen LogP contribution >= 0.6 is 0 Å². The lowest BCUT2D eigenvalue weighted by atomic mass is 10.1. The first-order chi connectivity index (χ1) is 7.31.